The van der Waals surface area contributed by atoms with Crippen molar-refractivity contribution in [2.45, 2.75) is 44.9 Å². The van der Waals surface area contributed by atoms with Crippen LogP contribution >= 0.6 is 0 Å². The quantitative estimate of drug-likeness (QED) is 0.169. The number of carbonyl (C=O) groups is 3. The highest BCUT2D eigenvalue weighted by Gasteiger charge is 2.43. The van der Waals surface area contributed by atoms with Crippen LogP contribution in [0.5, 0.6) is 5.75 Å². The molecule has 0 bridgehead atoms. The van der Waals surface area contributed by atoms with Crippen LogP contribution in [-0.4, -0.2) is 122 Å². The minimum Gasteiger partial charge on any atom is -0.410 e. The molecule has 0 unspecified atom stereocenters. The first kappa shape index (κ1) is 34.8. The van der Waals surface area contributed by atoms with Crippen LogP contribution < -0.4 is 20.7 Å². The van der Waals surface area contributed by atoms with Crippen LogP contribution in [0.25, 0.3) is 22.3 Å². The predicted molar refractivity (Wildman–Crippen MR) is 192 cm³/mol. The van der Waals surface area contributed by atoms with Crippen molar-refractivity contribution in [1.82, 2.24) is 39.7 Å². The summed E-state index contributed by atoms with van der Waals surface area (Å²) in [5.41, 5.74) is 4.24. The molecule has 6 heterocycles. The molecule has 1 atom stereocenters. The van der Waals surface area contributed by atoms with Crippen LogP contribution in [0.2, 0.25) is 0 Å². The molecule has 8 rings (SSSR count). The maximum atomic E-state index is 13.8. The number of piperazine rings is 2. The van der Waals surface area contributed by atoms with Gasteiger partial charge in [0.2, 0.25) is 5.95 Å². The minimum atomic E-state index is -1.69. The van der Waals surface area contributed by atoms with Crippen LogP contribution in [0.1, 0.15) is 52.4 Å². The van der Waals surface area contributed by atoms with E-state index < -0.39 is 17.6 Å². The number of carbonyl (C=O) groups excluding carboxylic acids is 3. The molecular weight excluding hydrogens is 682 g/mol. The summed E-state index contributed by atoms with van der Waals surface area (Å²) in [6.07, 6.45) is 2.80. The van der Waals surface area contributed by atoms with E-state index >= 15 is 0 Å². The number of hydrogen-bond acceptors (Lipinski definition) is 13. The number of ether oxygens (including phenoxy) is 1. The summed E-state index contributed by atoms with van der Waals surface area (Å²) in [7, 11) is 2.10. The van der Waals surface area contributed by atoms with Crippen molar-refractivity contribution in [3.8, 4) is 17.1 Å². The predicted octanol–water partition coefficient (Wildman–Crippen LogP) is 1.52. The molecule has 2 fully saturated rings. The van der Waals surface area contributed by atoms with Crippen molar-refractivity contribution in [3.63, 3.8) is 0 Å². The molecule has 4 aliphatic rings. The first-order valence-corrected chi connectivity index (χ1v) is 18.0. The van der Waals surface area contributed by atoms with Gasteiger partial charge in [-0.05, 0) is 44.2 Å². The molecule has 2 amide bonds. The van der Waals surface area contributed by atoms with Crippen molar-refractivity contribution < 1.29 is 29.4 Å². The lowest BCUT2D eigenvalue weighted by molar-refractivity contribution is -0.140. The smallest absolute Gasteiger partial charge is 0.410 e. The van der Waals surface area contributed by atoms with Gasteiger partial charge in [-0.15, -0.1) is 0 Å². The maximum absolute atomic E-state index is 13.8. The largest absolute Gasteiger partial charge is 0.415 e. The zero-order valence-electron chi connectivity index (χ0n) is 29.7. The molecule has 0 saturated carbocycles. The van der Waals surface area contributed by atoms with Gasteiger partial charge >= 0.3 is 6.09 Å². The number of nitrogens with one attached hydrogen (secondary N) is 1. The van der Waals surface area contributed by atoms with Gasteiger partial charge in [-0.2, -0.15) is 0 Å². The number of nitrogens with zero attached hydrogens (tertiary/aromatic N) is 8. The lowest BCUT2D eigenvalue weighted by atomic mass is 9.77. The van der Waals surface area contributed by atoms with E-state index in [0.717, 1.165) is 42.7 Å². The standard InChI is InChI=1S/C37H41N9O7/c1-3-37(51)27-17-29-32-22(20-46(29)34(49)24(27)4-7-31(37)47)16-25-26(21-43-10-8-42(2)9-11-43)30(6-5-28(25)40-32)53-36(50)45-14-12-44(13-15-45)35-38-18-23(19-39-35)33(48)41-52/h5-6,16-19,51-52H,3-4,7-15,20-21H2,1-2H3,(H,41,48)/t37-/m0/s1. The minimum absolute atomic E-state index is 0.126. The van der Waals surface area contributed by atoms with Crippen molar-refractivity contribution >= 4 is 34.6 Å². The third kappa shape index (κ3) is 6.10. The zero-order valence-corrected chi connectivity index (χ0v) is 29.7. The average molecular weight is 724 g/mol. The summed E-state index contributed by atoms with van der Waals surface area (Å²) in [5.74, 6) is -0.111. The summed E-state index contributed by atoms with van der Waals surface area (Å²) < 4.78 is 7.84. The number of pyridine rings is 2. The number of hydroxylamine groups is 1. The molecule has 276 valence electrons. The Morgan fingerprint density at radius 3 is 2.42 bits per heavy atom. The maximum Gasteiger partial charge on any atom is 0.415 e. The van der Waals surface area contributed by atoms with E-state index in [9.17, 15) is 24.3 Å². The SMILES string of the molecule is CC[C@@]1(O)C(=O)CCc2c1cc1n(c2=O)Cc2cc3c(CN4CCN(C)CC4)c(OC(=O)N4CCN(c5ncc(C(=O)NO)cn5)CC4)ccc3nc2-1. The van der Waals surface area contributed by atoms with E-state index in [-0.39, 0.29) is 29.7 Å². The average Bonchev–Trinajstić information content (AvgIpc) is 3.55. The normalized spacial score (nSPS) is 20.3. The van der Waals surface area contributed by atoms with Gasteiger partial charge in [0.25, 0.3) is 11.5 Å². The Hall–Kier alpha value is -5.29. The number of Topliss-reactive ketones (excluding diaryl/α,β-unsaturated/α-hetero) is 1. The van der Waals surface area contributed by atoms with Gasteiger partial charge < -0.3 is 29.1 Å². The number of hydrogen-bond donors (Lipinski definition) is 3. The van der Waals surface area contributed by atoms with Crippen molar-refractivity contribution in [1.29, 1.82) is 0 Å². The summed E-state index contributed by atoms with van der Waals surface area (Å²) in [5, 5.41) is 21.1. The molecule has 1 aromatic carbocycles. The van der Waals surface area contributed by atoms with Crippen LogP contribution in [0.15, 0.2) is 41.5 Å². The van der Waals surface area contributed by atoms with Crippen LogP contribution in [0.4, 0.5) is 10.7 Å². The van der Waals surface area contributed by atoms with Gasteiger partial charge in [0, 0.05) is 105 Å². The monoisotopic (exact) mass is 723 g/mol. The number of amides is 2. The van der Waals surface area contributed by atoms with E-state index in [1.165, 1.54) is 12.4 Å². The van der Waals surface area contributed by atoms with Crippen molar-refractivity contribution in [2.24, 2.45) is 0 Å². The lowest BCUT2D eigenvalue weighted by Crippen LogP contribution is -2.50. The summed E-state index contributed by atoms with van der Waals surface area (Å²) >= 11 is 0. The molecule has 3 aliphatic heterocycles. The third-order valence-electron chi connectivity index (χ3n) is 11.1. The fourth-order valence-electron chi connectivity index (χ4n) is 7.88. The molecule has 4 aromatic rings. The molecule has 53 heavy (non-hydrogen) atoms. The van der Waals surface area contributed by atoms with Gasteiger partial charge in [-0.1, -0.05) is 6.92 Å². The van der Waals surface area contributed by atoms with E-state index in [1.807, 2.05) is 17.0 Å². The fourth-order valence-corrected chi connectivity index (χ4v) is 7.88. The molecule has 3 N–H and O–H groups in total. The molecular formula is C37H41N9O7. The Bertz CT molecular complexity index is 2190. The van der Waals surface area contributed by atoms with Gasteiger partial charge in [-0.3, -0.25) is 24.5 Å². The van der Waals surface area contributed by atoms with E-state index in [1.54, 1.807) is 34.0 Å². The Morgan fingerprint density at radius 1 is 0.981 bits per heavy atom. The highest BCUT2D eigenvalue weighted by atomic mass is 16.6. The molecule has 3 aromatic heterocycles. The van der Waals surface area contributed by atoms with Gasteiger partial charge in [-0.25, -0.2) is 25.2 Å². The molecule has 1 aliphatic carbocycles. The number of fused-ring (bicyclic) bond motifs is 5. The number of ketones is 1. The fraction of sp³-hybridized carbons (Fsp3) is 0.432. The Morgan fingerprint density at radius 2 is 1.72 bits per heavy atom. The van der Waals surface area contributed by atoms with Crippen molar-refractivity contribution in [3.05, 3.63) is 74.8 Å². The second-order valence-corrected chi connectivity index (χ2v) is 14.2. The summed E-state index contributed by atoms with van der Waals surface area (Å²) in [6.45, 7) is 7.76. The summed E-state index contributed by atoms with van der Waals surface area (Å²) in [6, 6.07) is 7.42. The molecule has 16 heteroatoms. The number of aliphatic hydroxyl groups is 1. The number of aromatic nitrogens is 4. The second-order valence-electron chi connectivity index (χ2n) is 14.2. The molecule has 2 saturated heterocycles. The first-order chi connectivity index (χ1) is 25.6. The zero-order chi connectivity index (χ0) is 37.0. The first-order valence-electron chi connectivity index (χ1n) is 18.0. The molecule has 16 nitrogen and oxygen atoms in total. The highest BCUT2D eigenvalue weighted by molar-refractivity contribution is 5.93. The lowest BCUT2D eigenvalue weighted by Gasteiger charge is -2.34. The van der Waals surface area contributed by atoms with Crippen molar-refractivity contribution in [2.75, 3.05) is 64.3 Å². The highest BCUT2D eigenvalue weighted by Crippen LogP contribution is 2.40. The van der Waals surface area contributed by atoms with Gasteiger partial charge in [0.1, 0.15) is 11.4 Å². The topological polar surface area (TPSA) is 187 Å². The van der Waals surface area contributed by atoms with Crippen LogP contribution in [-0.2, 0) is 29.9 Å². The van der Waals surface area contributed by atoms with E-state index in [4.69, 9.17) is 14.9 Å². The number of rotatable bonds is 6. The van der Waals surface area contributed by atoms with Crippen LogP contribution in [0.3, 0.4) is 0 Å². The van der Waals surface area contributed by atoms with E-state index in [2.05, 4.69) is 26.8 Å². The Kier molecular flexibility index (Phi) is 8.92. The second kappa shape index (κ2) is 13.6. The van der Waals surface area contributed by atoms with Gasteiger partial charge in [0.05, 0.1) is 29.0 Å². The summed E-state index contributed by atoms with van der Waals surface area (Å²) in [4.78, 5) is 73.6. The van der Waals surface area contributed by atoms with Gasteiger partial charge in [0.15, 0.2) is 5.78 Å². The Balaban J connectivity index is 1.08. The third-order valence-corrected chi connectivity index (χ3v) is 11.1. The van der Waals surface area contributed by atoms with Crippen LogP contribution in [0, 0.1) is 0 Å². The number of benzene rings is 1. The molecule has 0 radical (unpaired) electrons. The molecule has 0 spiro atoms. The van der Waals surface area contributed by atoms with E-state index in [0.29, 0.717) is 85.4 Å². The number of likely N-dealkylation sites (N-methyl/N-ethyl adjacent to an activating group) is 1. The number of anilines is 1. The Labute approximate surface area is 304 Å².